The highest BCUT2D eigenvalue weighted by Gasteiger charge is 2.37. The van der Waals surface area contributed by atoms with Crippen molar-refractivity contribution in [2.24, 2.45) is 0 Å². The number of hydrogen-bond acceptors (Lipinski definition) is 4. The smallest absolute Gasteiger partial charge is 0.408 e. The predicted molar refractivity (Wildman–Crippen MR) is 121 cm³/mol. The molecule has 1 aliphatic rings. The lowest BCUT2D eigenvalue weighted by Crippen LogP contribution is -2.47. The molecule has 0 radical (unpaired) electrons. The molecule has 1 aliphatic carbocycles. The second kappa shape index (κ2) is 9.24. The summed E-state index contributed by atoms with van der Waals surface area (Å²) in [5.74, 6) is -2.13. The Labute approximate surface area is 196 Å². The van der Waals surface area contributed by atoms with Gasteiger partial charge in [-0.3, -0.25) is 9.48 Å². The minimum atomic E-state index is -1.17. The first-order valence-electron chi connectivity index (χ1n) is 10.9. The quantitative estimate of drug-likeness (QED) is 0.592. The predicted octanol–water partition coefficient (Wildman–Crippen LogP) is 4.06. The summed E-state index contributed by atoms with van der Waals surface area (Å²) < 4.78 is 34.9. The summed E-state index contributed by atoms with van der Waals surface area (Å²) in [4.78, 5) is 26.0. The molecule has 2 N–H and O–H groups in total. The van der Waals surface area contributed by atoms with Crippen LogP contribution < -0.4 is 10.6 Å². The van der Waals surface area contributed by atoms with Crippen molar-refractivity contribution < 1.29 is 23.1 Å². The maximum absolute atomic E-state index is 14.7. The molecule has 1 heterocycles. The van der Waals surface area contributed by atoms with E-state index in [1.807, 2.05) is 24.3 Å². The second-order valence-electron chi connectivity index (χ2n) is 9.20. The minimum absolute atomic E-state index is 0.0187. The van der Waals surface area contributed by atoms with Gasteiger partial charge in [-0.25, -0.2) is 13.6 Å². The molecule has 1 unspecified atom stereocenters. The number of alkyl carbamates (subject to hydrolysis) is 1. The number of hydrogen-bond donors (Lipinski definition) is 2. The zero-order valence-electron chi connectivity index (χ0n) is 19.1. The lowest BCUT2D eigenvalue weighted by molar-refractivity contribution is -0.124. The molecule has 1 aromatic heterocycles. The van der Waals surface area contributed by atoms with Crippen LogP contribution in [0.2, 0.25) is 0 Å². The van der Waals surface area contributed by atoms with Crippen LogP contribution >= 0.6 is 0 Å². The van der Waals surface area contributed by atoms with Crippen molar-refractivity contribution in [3.8, 4) is 0 Å². The van der Waals surface area contributed by atoms with Gasteiger partial charge in [-0.2, -0.15) is 5.10 Å². The van der Waals surface area contributed by atoms with Crippen molar-refractivity contribution in [2.75, 3.05) is 0 Å². The molecule has 4 rings (SSSR count). The van der Waals surface area contributed by atoms with Crippen molar-refractivity contribution in [1.82, 2.24) is 20.4 Å². The molecular formula is C25H26F2N4O3. The van der Waals surface area contributed by atoms with E-state index in [1.54, 1.807) is 26.8 Å². The first-order chi connectivity index (χ1) is 16.1. The maximum atomic E-state index is 14.7. The third kappa shape index (κ3) is 5.08. The van der Waals surface area contributed by atoms with Gasteiger partial charge in [-0.15, -0.1) is 0 Å². The fourth-order valence-corrected chi connectivity index (χ4v) is 4.16. The summed E-state index contributed by atoms with van der Waals surface area (Å²) in [6.07, 6.45) is 2.86. The molecule has 0 bridgehead atoms. The average molecular weight is 469 g/mol. The Morgan fingerprint density at radius 1 is 1.12 bits per heavy atom. The first-order valence-corrected chi connectivity index (χ1v) is 10.9. The third-order valence-corrected chi connectivity index (χ3v) is 5.53. The monoisotopic (exact) mass is 468 g/mol. The molecule has 0 saturated heterocycles. The van der Waals surface area contributed by atoms with Crippen LogP contribution in [0.1, 0.15) is 49.5 Å². The van der Waals surface area contributed by atoms with E-state index in [0.29, 0.717) is 6.42 Å². The Kier molecular flexibility index (Phi) is 6.37. The van der Waals surface area contributed by atoms with Gasteiger partial charge < -0.3 is 15.4 Å². The van der Waals surface area contributed by atoms with Gasteiger partial charge in [-0.1, -0.05) is 30.3 Å². The van der Waals surface area contributed by atoms with Crippen LogP contribution in [0.3, 0.4) is 0 Å². The standard InChI is InChI=1S/C25H26F2N4O3/c1-25(2,3)34-24(33)30-21-17-8-5-4-7-15(17)13-20(21)29-23(32)22(31-12-6-11-28-31)18-10-9-16(26)14-19(18)27/h4-12,14,20-22H,13H2,1-3H3,(H,29,32)(H,30,33)/t20-,21-,22?/m0/s1. The Morgan fingerprint density at radius 3 is 2.56 bits per heavy atom. The number of nitrogens with zero attached hydrogens (tertiary/aromatic N) is 2. The lowest BCUT2D eigenvalue weighted by atomic mass is 10.0. The van der Waals surface area contributed by atoms with Gasteiger partial charge >= 0.3 is 6.09 Å². The van der Waals surface area contributed by atoms with E-state index in [2.05, 4.69) is 15.7 Å². The SMILES string of the molecule is CC(C)(C)OC(=O)N[C@H]1c2ccccc2C[C@@H]1NC(=O)C(c1ccc(F)cc1F)n1cccn1. The summed E-state index contributed by atoms with van der Waals surface area (Å²) in [6.45, 7) is 5.29. The van der Waals surface area contributed by atoms with Crippen LogP contribution in [0.4, 0.5) is 13.6 Å². The Hall–Kier alpha value is -3.75. The number of nitrogens with one attached hydrogen (secondary N) is 2. The van der Waals surface area contributed by atoms with E-state index in [0.717, 1.165) is 23.3 Å². The third-order valence-electron chi connectivity index (χ3n) is 5.53. The van der Waals surface area contributed by atoms with Gasteiger partial charge in [0.05, 0.1) is 12.1 Å². The van der Waals surface area contributed by atoms with Gasteiger partial charge in [-0.05, 0) is 50.5 Å². The number of aromatic nitrogens is 2. The molecule has 178 valence electrons. The molecule has 9 heteroatoms. The molecule has 3 atom stereocenters. The van der Waals surface area contributed by atoms with Crippen LogP contribution in [0.25, 0.3) is 0 Å². The zero-order valence-corrected chi connectivity index (χ0v) is 19.1. The van der Waals surface area contributed by atoms with Crippen LogP contribution in [0, 0.1) is 11.6 Å². The highest BCUT2D eigenvalue weighted by atomic mass is 19.1. The van der Waals surface area contributed by atoms with Crippen molar-refractivity contribution in [1.29, 1.82) is 0 Å². The average Bonchev–Trinajstić information content (AvgIpc) is 3.37. The van der Waals surface area contributed by atoms with Gasteiger partial charge in [0.1, 0.15) is 17.2 Å². The van der Waals surface area contributed by atoms with Crippen LogP contribution in [-0.4, -0.2) is 33.4 Å². The van der Waals surface area contributed by atoms with Crippen molar-refractivity contribution in [3.05, 3.63) is 89.2 Å². The molecule has 2 aromatic carbocycles. The summed E-state index contributed by atoms with van der Waals surface area (Å²) in [6, 6.07) is 9.99. The Bertz CT molecular complexity index is 1190. The second-order valence-corrected chi connectivity index (χ2v) is 9.20. The topological polar surface area (TPSA) is 85.3 Å². The molecule has 0 saturated carbocycles. The molecule has 0 aliphatic heterocycles. The fourth-order valence-electron chi connectivity index (χ4n) is 4.16. The summed E-state index contributed by atoms with van der Waals surface area (Å²) in [5.41, 5.74) is 1.13. The maximum Gasteiger partial charge on any atom is 0.408 e. The highest BCUT2D eigenvalue weighted by Crippen LogP contribution is 2.32. The fraction of sp³-hybridized carbons (Fsp3) is 0.320. The minimum Gasteiger partial charge on any atom is -0.444 e. The molecule has 34 heavy (non-hydrogen) atoms. The Morgan fingerprint density at radius 2 is 1.88 bits per heavy atom. The van der Waals surface area contributed by atoms with Crippen molar-refractivity contribution in [2.45, 2.75) is 50.9 Å². The van der Waals surface area contributed by atoms with E-state index in [9.17, 15) is 18.4 Å². The van der Waals surface area contributed by atoms with Gasteiger partial charge in [0.2, 0.25) is 5.91 Å². The number of carbonyl (C=O) groups is 2. The van der Waals surface area contributed by atoms with Crippen molar-refractivity contribution in [3.63, 3.8) is 0 Å². The van der Waals surface area contributed by atoms with Crippen molar-refractivity contribution >= 4 is 12.0 Å². The van der Waals surface area contributed by atoms with E-state index < -0.39 is 47.4 Å². The van der Waals surface area contributed by atoms with E-state index >= 15 is 0 Å². The van der Waals surface area contributed by atoms with Crippen LogP contribution in [-0.2, 0) is 16.0 Å². The number of carbonyl (C=O) groups excluding carboxylic acids is 2. The summed E-state index contributed by atoms with van der Waals surface area (Å²) in [5, 5.41) is 9.90. The Balaban J connectivity index is 1.62. The highest BCUT2D eigenvalue weighted by molar-refractivity contribution is 5.84. The van der Waals surface area contributed by atoms with Gasteiger partial charge in [0.15, 0.2) is 6.04 Å². The van der Waals surface area contributed by atoms with E-state index in [1.165, 1.54) is 23.1 Å². The normalized spacial score (nSPS) is 18.1. The summed E-state index contributed by atoms with van der Waals surface area (Å²) in [7, 11) is 0. The van der Waals surface area contributed by atoms with E-state index in [4.69, 9.17) is 4.74 Å². The lowest BCUT2D eigenvalue weighted by Gasteiger charge is -2.27. The molecule has 0 fully saturated rings. The molecular weight excluding hydrogens is 442 g/mol. The van der Waals surface area contributed by atoms with Gasteiger partial charge in [0.25, 0.3) is 0 Å². The first kappa shape index (κ1) is 23.4. The largest absolute Gasteiger partial charge is 0.444 e. The number of rotatable bonds is 5. The molecule has 3 aromatic rings. The molecule has 2 amide bonds. The van der Waals surface area contributed by atoms with Crippen LogP contribution in [0.5, 0.6) is 0 Å². The number of amides is 2. The number of ether oxygens (including phenoxy) is 1. The van der Waals surface area contributed by atoms with E-state index in [-0.39, 0.29) is 5.56 Å². The number of benzene rings is 2. The number of fused-ring (bicyclic) bond motifs is 1. The molecule has 0 spiro atoms. The zero-order chi connectivity index (χ0) is 24.5. The van der Waals surface area contributed by atoms with Gasteiger partial charge in [0, 0.05) is 24.0 Å². The van der Waals surface area contributed by atoms with Crippen LogP contribution in [0.15, 0.2) is 60.9 Å². The number of halogens is 2. The summed E-state index contributed by atoms with van der Waals surface area (Å²) >= 11 is 0. The molecule has 7 nitrogen and oxygen atoms in total.